The van der Waals surface area contributed by atoms with Crippen molar-refractivity contribution in [3.8, 4) is 11.4 Å². The third-order valence-corrected chi connectivity index (χ3v) is 2.53. The van der Waals surface area contributed by atoms with Crippen molar-refractivity contribution in [2.24, 2.45) is 0 Å². The minimum atomic E-state index is -0.235. The van der Waals surface area contributed by atoms with Gasteiger partial charge in [-0.1, -0.05) is 33.2 Å². The summed E-state index contributed by atoms with van der Waals surface area (Å²) in [6, 6.07) is 7.47. The normalized spacial score (nSPS) is 10.3. The zero-order valence-corrected chi connectivity index (χ0v) is 9.48. The Bertz CT molecular complexity index is 508. The van der Waals surface area contributed by atoms with Gasteiger partial charge in [0, 0.05) is 17.0 Å². The van der Waals surface area contributed by atoms with Crippen molar-refractivity contribution in [1.82, 2.24) is 10.1 Å². The fraction of sp³-hybridized carbons (Fsp3) is 0.100. The van der Waals surface area contributed by atoms with Gasteiger partial charge < -0.3 is 4.52 Å². The lowest BCUT2D eigenvalue weighted by atomic mass is 10.2. The summed E-state index contributed by atoms with van der Waals surface area (Å²) < 4.78 is 5.67. The van der Waals surface area contributed by atoms with E-state index in [1.54, 1.807) is 0 Å². The highest BCUT2D eigenvalue weighted by Gasteiger charge is 2.13. The van der Waals surface area contributed by atoms with Gasteiger partial charge in [0.15, 0.2) is 0 Å². The summed E-state index contributed by atoms with van der Waals surface area (Å²) in [6.07, 6.45) is 0. The highest BCUT2D eigenvalue weighted by molar-refractivity contribution is 9.10. The summed E-state index contributed by atoms with van der Waals surface area (Å²) in [4.78, 5) is 15.0. The molecule has 0 aliphatic heterocycles. The van der Waals surface area contributed by atoms with Gasteiger partial charge in [0.25, 0.3) is 5.89 Å². The minimum absolute atomic E-state index is 0.0285. The second kappa shape index (κ2) is 3.94. The molecule has 0 bridgehead atoms. The summed E-state index contributed by atoms with van der Waals surface area (Å²) >= 11 is 3.37. The van der Waals surface area contributed by atoms with Crippen molar-refractivity contribution >= 4 is 21.7 Å². The van der Waals surface area contributed by atoms with Crippen LogP contribution in [0.25, 0.3) is 11.4 Å². The predicted octanol–water partition coefficient (Wildman–Crippen LogP) is 2.70. The topological polar surface area (TPSA) is 56.0 Å². The summed E-state index contributed by atoms with van der Waals surface area (Å²) in [6.45, 7) is 1.39. The van der Waals surface area contributed by atoms with Crippen LogP contribution in [0.1, 0.15) is 17.6 Å². The lowest BCUT2D eigenvalue weighted by Gasteiger charge is -1.95. The maximum absolute atomic E-state index is 11.0. The summed E-state index contributed by atoms with van der Waals surface area (Å²) in [5, 5.41) is 3.73. The monoisotopic (exact) mass is 266 g/mol. The number of rotatable bonds is 2. The molecule has 5 heteroatoms. The number of nitrogens with zero attached hydrogens (tertiary/aromatic N) is 2. The Morgan fingerprint density at radius 1 is 1.40 bits per heavy atom. The van der Waals surface area contributed by atoms with Crippen LogP contribution in [0.15, 0.2) is 33.3 Å². The van der Waals surface area contributed by atoms with Crippen LogP contribution in [0.3, 0.4) is 0 Å². The molecule has 0 unspecified atom stereocenters. The number of hydrogen-bond acceptors (Lipinski definition) is 4. The standard InChI is InChI=1S/C10H7BrN2O2/c1-6(14)10-12-9(13-15-10)7-4-2-3-5-8(7)11/h2-5H,1H3. The first-order valence-electron chi connectivity index (χ1n) is 4.28. The smallest absolute Gasteiger partial charge is 0.294 e. The molecule has 0 radical (unpaired) electrons. The molecule has 0 aliphatic rings. The molecule has 0 N–H and O–H groups in total. The Morgan fingerprint density at radius 2 is 2.13 bits per heavy atom. The Labute approximate surface area is 94.4 Å². The quantitative estimate of drug-likeness (QED) is 0.785. The van der Waals surface area contributed by atoms with Gasteiger partial charge in [-0.15, -0.1) is 0 Å². The SMILES string of the molecule is CC(=O)c1nc(-c2ccccc2Br)no1. The minimum Gasteiger partial charge on any atom is -0.330 e. The zero-order chi connectivity index (χ0) is 10.8. The van der Waals surface area contributed by atoms with Crippen LogP contribution in [0, 0.1) is 0 Å². The van der Waals surface area contributed by atoms with E-state index in [1.807, 2.05) is 24.3 Å². The lowest BCUT2D eigenvalue weighted by Crippen LogP contribution is -1.91. The fourth-order valence-electron chi connectivity index (χ4n) is 1.12. The number of carbonyl (C=O) groups excluding carboxylic acids is 1. The summed E-state index contributed by atoms with van der Waals surface area (Å²) in [7, 11) is 0. The average molecular weight is 267 g/mol. The third-order valence-electron chi connectivity index (χ3n) is 1.84. The maximum Gasteiger partial charge on any atom is 0.294 e. The van der Waals surface area contributed by atoms with Crippen LogP contribution in [0.4, 0.5) is 0 Å². The van der Waals surface area contributed by atoms with E-state index in [0.29, 0.717) is 5.82 Å². The van der Waals surface area contributed by atoms with Gasteiger partial charge in [-0.25, -0.2) is 0 Å². The van der Waals surface area contributed by atoms with Gasteiger partial charge in [0.05, 0.1) is 0 Å². The molecule has 15 heavy (non-hydrogen) atoms. The van der Waals surface area contributed by atoms with Crippen molar-refractivity contribution in [2.45, 2.75) is 6.92 Å². The molecule has 1 aromatic carbocycles. The number of carbonyl (C=O) groups is 1. The molecule has 0 saturated heterocycles. The molecule has 1 aromatic heterocycles. The molecule has 0 spiro atoms. The van der Waals surface area contributed by atoms with E-state index >= 15 is 0 Å². The van der Waals surface area contributed by atoms with E-state index in [4.69, 9.17) is 4.52 Å². The van der Waals surface area contributed by atoms with Gasteiger partial charge in [-0.05, 0) is 12.1 Å². The molecule has 0 amide bonds. The Balaban J connectivity index is 2.46. The average Bonchev–Trinajstić information content (AvgIpc) is 2.67. The molecular weight excluding hydrogens is 260 g/mol. The van der Waals surface area contributed by atoms with E-state index in [2.05, 4.69) is 26.1 Å². The second-order valence-corrected chi connectivity index (χ2v) is 3.81. The van der Waals surface area contributed by atoms with Crippen LogP contribution in [-0.4, -0.2) is 15.9 Å². The molecule has 0 aliphatic carbocycles. The first-order chi connectivity index (χ1) is 7.18. The number of hydrogen-bond donors (Lipinski definition) is 0. The molecular formula is C10H7BrN2O2. The van der Waals surface area contributed by atoms with Crippen molar-refractivity contribution in [2.75, 3.05) is 0 Å². The molecule has 76 valence electrons. The first-order valence-corrected chi connectivity index (χ1v) is 5.07. The number of benzene rings is 1. The molecule has 0 fully saturated rings. The molecule has 1 heterocycles. The molecule has 0 atom stereocenters. The van der Waals surface area contributed by atoms with Crippen molar-refractivity contribution in [3.63, 3.8) is 0 Å². The highest BCUT2D eigenvalue weighted by Crippen LogP contribution is 2.25. The van der Waals surface area contributed by atoms with E-state index in [1.165, 1.54) is 6.92 Å². The number of halogens is 1. The van der Waals surface area contributed by atoms with E-state index in [9.17, 15) is 4.79 Å². The fourth-order valence-corrected chi connectivity index (χ4v) is 1.58. The second-order valence-electron chi connectivity index (χ2n) is 2.96. The van der Waals surface area contributed by atoms with Crippen LogP contribution in [0.2, 0.25) is 0 Å². The number of ketones is 1. The van der Waals surface area contributed by atoms with Crippen molar-refractivity contribution < 1.29 is 9.32 Å². The van der Waals surface area contributed by atoms with Gasteiger partial charge in [-0.3, -0.25) is 4.79 Å². The van der Waals surface area contributed by atoms with Crippen LogP contribution in [-0.2, 0) is 0 Å². The highest BCUT2D eigenvalue weighted by atomic mass is 79.9. The van der Waals surface area contributed by atoms with Crippen LogP contribution >= 0.6 is 15.9 Å². The molecule has 2 rings (SSSR count). The van der Waals surface area contributed by atoms with Gasteiger partial charge in [0.2, 0.25) is 11.6 Å². The number of Topliss-reactive ketones (excluding diaryl/α,β-unsaturated/α-hetero) is 1. The summed E-state index contributed by atoms with van der Waals surface area (Å²) in [5.41, 5.74) is 0.800. The Hall–Kier alpha value is -1.49. The number of aromatic nitrogens is 2. The maximum atomic E-state index is 11.0. The van der Waals surface area contributed by atoms with Crippen LogP contribution < -0.4 is 0 Å². The third kappa shape index (κ3) is 1.97. The Morgan fingerprint density at radius 3 is 2.73 bits per heavy atom. The van der Waals surface area contributed by atoms with E-state index in [-0.39, 0.29) is 11.7 Å². The van der Waals surface area contributed by atoms with Crippen molar-refractivity contribution in [1.29, 1.82) is 0 Å². The molecule has 0 saturated carbocycles. The predicted molar refractivity (Wildman–Crippen MR) is 57.4 cm³/mol. The largest absolute Gasteiger partial charge is 0.330 e. The zero-order valence-electron chi connectivity index (χ0n) is 7.90. The van der Waals surface area contributed by atoms with Gasteiger partial charge >= 0.3 is 0 Å². The molecule has 2 aromatic rings. The van der Waals surface area contributed by atoms with E-state index < -0.39 is 0 Å². The molecule has 4 nitrogen and oxygen atoms in total. The lowest BCUT2D eigenvalue weighted by molar-refractivity contribution is 0.0972. The van der Waals surface area contributed by atoms with Gasteiger partial charge in [0.1, 0.15) is 0 Å². The van der Waals surface area contributed by atoms with Gasteiger partial charge in [-0.2, -0.15) is 4.98 Å². The van der Waals surface area contributed by atoms with Crippen molar-refractivity contribution in [3.05, 3.63) is 34.6 Å². The summed E-state index contributed by atoms with van der Waals surface area (Å²) in [5.74, 6) is 0.203. The van der Waals surface area contributed by atoms with Crippen LogP contribution in [0.5, 0.6) is 0 Å². The first kappa shape index (κ1) is 10.0. The van der Waals surface area contributed by atoms with E-state index in [0.717, 1.165) is 10.0 Å². The Kier molecular flexibility index (Phi) is 2.64.